The summed E-state index contributed by atoms with van der Waals surface area (Å²) in [6.07, 6.45) is -2.19. The molecule has 146 valence electrons. The van der Waals surface area contributed by atoms with Gasteiger partial charge in [-0.2, -0.15) is 0 Å². The number of hydrogen-bond donors (Lipinski definition) is 3. The summed E-state index contributed by atoms with van der Waals surface area (Å²) in [5.41, 5.74) is -0.684. The Balaban J connectivity index is 1.76. The highest BCUT2D eigenvalue weighted by atomic mass is 16.6. The van der Waals surface area contributed by atoms with Gasteiger partial charge < -0.3 is 20.1 Å². The summed E-state index contributed by atoms with van der Waals surface area (Å²) in [4.78, 5) is 29.6. The molecule has 4 atom stereocenters. The highest BCUT2D eigenvalue weighted by Crippen LogP contribution is 2.27. The molecule has 1 aromatic carbocycles. The van der Waals surface area contributed by atoms with Crippen LogP contribution < -0.4 is 11.2 Å². The van der Waals surface area contributed by atoms with Gasteiger partial charge in [-0.25, -0.2) is 4.79 Å². The second kappa shape index (κ2) is 7.28. The summed E-state index contributed by atoms with van der Waals surface area (Å²) in [5.74, 6) is 0. The molecule has 1 aliphatic rings. The first kappa shape index (κ1) is 18.5. The number of nitrogens with zero attached hydrogens (tertiary/aromatic N) is 3. The average molecular weight is 385 g/mol. The molecule has 0 unspecified atom stereocenters. The van der Waals surface area contributed by atoms with Crippen molar-refractivity contribution in [3.8, 4) is 0 Å². The molecule has 0 aliphatic carbocycles. The number of pyridine rings is 1. The number of rotatable bonds is 4. The van der Waals surface area contributed by atoms with E-state index in [4.69, 9.17) is 4.74 Å². The van der Waals surface area contributed by atoms with Crippen LogP contribution in [0.15, 0.2) is 58.4 Å². The van der Waals surface area contributed by atoms with E-state index in [0.29, 0.717) is 5.69 Å². The van der Waals surface area contributed by atoms with Gasteiger partial charge in [-0.1, -0.05) is 24.3 Å². The van der Waals surface area contributed by atoms with Gasteiger partial charge in [0.1, 0.15) is 18.3 Å². The third-order valence-electron chi connectivity index (χ3n) is 4.95. The van der Waals surface area contributed by atoms with Crippen LogP contribution in [0.3, 0.4) is 0 Å². The lowest BCUT2D eigenvalue weighted by Gasteiger charge is -2.18. The number of ether oxygens (including phenoxy) is 1. The first-order valence-electron chi connectivity index (χ1n) is 8.78. The molecular weight excluding hydrogens is 366 g/mol. The molecule has 4 rings (SSSR count). The van der Waals surface area contributed by atoms with E-state index in [1.54, 1.807) is 6.20 Å². The predicted octanol–water partition coefficient (Wildman–Crippen LogP) is -0.782. The first-order chi connectivity index (χ1) is 13.5. The minimum Gasteiger partial charge on any atom is -0.394 e. The third kappa shape index (κ3) is 3.04. The van der Waals surface area contributed by atoms with Gasteiger partial charge in [0.2, 0.25) is 0 Å². The van der Waals surface area contributed by atoms with Crippen molar-refractivity contribution in [3.63, 3.8) is 0 Å². The number of fused-ring (bicyclic) bond motifs is 1. The Morgan fingerprint density at radius 3 is 2.61 bits per heavy atom. The number of hydrogen-bond acceptors (Lipinski definition) is 7. The van der Waals surface area contributed by atoms with Crippen LogP contribution in [0.2, 0.25) is 0 Å². The Kier molecular flexibility index (Phi) is 4.82. The topological polar surface area (TPSA) is 127 Å². The fourth-order valence-corrected chi connectivity index (χ4v) is 3.44. The molecule has 3 aromatic rings. The van der Waals surface area contributed by atoms with Crippen molar-refractivity contribution in [2.24, 2.45) is 0 Å². The number of aliphatic hydroxyl groups excluding tert-OH is 3. The molecule has 0 saturated carbocycles. The molecule has 2 aromatic heterocycles. The van der Waals surface area contributed by atoms with Crippen molar-refractivity contribution < 1.29 is 20.1 Å². The van der Waals surface area contributed by atoms with Crippen molar-refractivity contribution in [1.29, 1.82) is 0 Å². The summed E-state index contributed by atoms with van der Waals surface area (Å²) < 4.78 is 7.43. The monoisotopic (exact) mass is 385 g/mol. The van der Waals surface area contributed by atoms with E-state index in [1.807, 2.05) is 30.3 Å². The summed E-state index contributed by atoms with van der Waals surface area (Å²) >= 11 is 0. The molecule has 9 heteroatoms. The maximum atomic E-state index is 12.9. The van der Waals surface area contributed by atoms with Crippen LogP contribution >= 0.6 is 0 Å². The smallest absolute Gasteiger partial charge is 0.333 e. The zero-order valence-corrected chi connectivity index (χ0v) is 14.8. The Bertz CT molecular complexity index is 1120. The van der Waals surface area contributed by atoms with Crippen molar-refractivity contribution in [3.05, 3.63) is 75.3 Å². The quantitative estimate of drug-likeness (QED) is 0.538. The highest BCUT2D eigenvalue weighted by molar-refractivity contribution is 5.84. The fourth-order valence-electron chi connectivity index (χ4n) is 3.44. The molecule has 0 amide bonds. The lowest BCUT2D eigenvalue weighted by molar-refractivity contribution is -0.0555. The Morgan fingerprint density at radius 2 is 1.86 bits per heavy atom. The Morgan fingerprint density at radius 1 is 1.07 bits per heavy atom. The summed E-state index contributed by atoms with van der Waals surface area (Å²) in [7, 11) is 0. The molecular formula is C19H19N3O6. The van der Waals surface area contributed by atoms with E-state index in [0.717, 1.165) is 19.9 Å². The number of benzene rings is 1. The molecule has 1 aliphatic heterocycles. The van der Waals surface area contributed by atoms with Crippen LogP contribution in [0.4, 0.5) is 0 Å². The molecule has 9 nitrogen and oxygen atoms in total. The second-order valence-corrected chi connectivity index (χ2v) is 6.64. The molecule has 0 spiro atoms. The number of aromatic nitrogens is 3. The van der Waals surface area contributed by atoms with Crippen LogP contribution in [0.1, 0.15) is 11.9 Å². The third-order valence-corrected chi connectivity index (χ3v) is 4.95. The predicted molar refractivity (Wildman–Crippen MR) is 98.8 cm³/mol. The molecule has 1 saturated heterocycles. The Labute approximate surface area is 158 Å². The van der Waals surface area contributed by atoms with Crippen molar-refractivity contribution in [2.75, 3.05) is 6.61 Å². The second-order valence-electron chi connectivity index (χ2n) is 6.64. The van der Waals surface area contributed by atoms with E-state index in [1.165, 1.54) is 12.3 Å². The van der Waals surface area contributed by atoms with Crippen LogP contribution in [-0.4, -0.2) is 54.4 Å². The summed E-state index contributed by atoms with van der Waals surface area (Å²) in [5, 5.41) is 31.1. The highest BCUT2D eigenvalue weighted by Gasteiger charge is 2.43. The fraction of sp³-hybridized carbons (Fsp3) is 0.316. The van der Waals surface area contributed by atoms with Gasteiger partial charge in [0.15, 0.2) is 6.23 Å². The lowest BCUT2D eigenvalue weighted by atomic mass is 10.1. The molecule has 1 fully saturated rings. The zero-order valence-electron chi connectivity index (χ0n) is 14.8. The van der Waals surface area contributed by atoms with E-state index >= 15 is 0 Å². The van der Waals surface area contributed by atoms with Gasteiger partial charge in [0, 0.05) is 23.8 Å². The van der Waals surface area contributed by atoms with Gasteiger partial charge in [-0.3, -0.25) is 18.9 Å². The maximum absolute atomic E-state index is 12.9. The summed E-state index contributed by atoms with van der Waals surface area (Å²) in [6, 6.07) is 10.5. The van der Waals surface area contributed by atoms with Gasteiger partial charge >= 0.3 is 5.69 Å². The maximum Gasteiger partial charge on any atom is 0.333 e. The van der Waals surface area contributed by atoms with Gasteiger partial charge in [-0.05, 0) is 11.5 Å². The molecule has 3 N–H and O–H groups in total. The minimum atomic E-state index is -1.42. The van der Waals surface area contributed by atoms with Gasteiger partial charge in [-0.15, -0.1) is 0 Å². The van der Waals surface area contributed by atoms with Crippen molar-refractivity contribution in [1.82, 2.24) is 14.1 Å². The zero-order chi connectivity index (χ0) is 19.8. The van der Waals surface area contributed by atoms with Crippen LogP contribution in [0, 0.1) is 0 Å². The Hall–Kier alpha value is -2.85. The molecule has 0 radical (unpaired) electrons. The minimum absolute atomic E-state index is 0.0609. The van der Waals surface area contributed by atoms with Crippen LogP contribution in [-0.2, 0) is 11.3 Å². The van der Waals surface area contributed by atoms with Crippen molar-refractivity contribution >= 4 is 10.8 Å². The molecule has 0 bridgehead atoms. The molecule has 3 heterocycles. The normalized spacial score (nSPS) is 24.7. The van der Waals surface area contributed by atoms with E-state index < -0.39 is 42.4 Å². The SMILES string of the molecule is O=c1ccn([C@@H]2O[C@H](CO)[C@H](O)[C@@H]2O)c(=O)n1Cc1nccc2ccccc12. The average Bonchev–Trinajstić information content (AvgIpc) is 2.99. The van der Waals surface area contributed by atoms with E-state index in [9.17, 15) is 24.9 Å². The van der Waals surface area contributed by atoms with E-state index in [2.05, 4.69) is 4.98 Å². The molecule has 28 heavy (non-hydrogen) atoms. The van der Waals surface area contributed by atoms with Gasteiger partial charge in [0.25, 0.3) is 5.56 Å². The van der Waals surface area contributed by atoms with Crippen LogP contribution in [0.25, 0.3) is 10.8 Å². The van der Waals surface area contributed by atoms with E-state index in [-0.39, 0.29) is 6.54 Å². The van der Waals surface area contributed by atoms with Crippen molar-refractivity contribution in [2.45, 2.75) is 31.1 Å². The number of aliphatic hydroxyl groups is 3. The standard InChI is InChI=1S/C19H19N3O6/c23-10-14-16(25)17(26)18(28-14)21-8-6-15(24)22(19(21)27)9-13-12-4-2-1-3-11(12)5-7-20-13/h1-8,14,16-18,23,25-26H,9-10H2/t14-,16+,17+,18-/m1/s1. The van der Waals surface area contributed by atoms with Crippen LogP contribution in [0.5, 0.6) is 0 Å². The first-order valence-corrected chi connectivity index (χ1v) is 8.78. The lowest BCUT2D eigenvalue weighted by Crippen LogP contribution is -2.43. The summed E-state index contributed by atoms with van der Waals surface area (Å²) in [6.45, 7) is -0.572. The van der Waals surface area contributed by atoms with Gasteiger partial charge in [0.05, 0.1) is 18.8 Å². The largest absolute Gasteiger partial charge is 0.394 e.